The van der Waals surface area contributed by atoms with E-state index >= 15 is 0 Å². The van der Waals surface area contributed by atoms with Crippen LogP contribution in [0.3, 0.4) is 0 Å². The molecule has 1 saturated carbocycles. The van der Waals surface area contributed by atoms with E-state index in [1.807, 2.05) is 0 Å². The van der Waals surface area contributed by atoms with Crippen LogP contribution < -0.4 is 20.3 Å². The lowest BCUT2D eigenvalue weighted by Crippen LogP contribution is -2.26. The number of carbonyl (C=O) groups excluding carboxylic acids is 1. The van der Waals surface area contributed by atoms with E-state index < -0.39 is 15.9 Å². The average Bonchev–Trinajstić information content (AvgIpc) is 3.40. The average molecular weight is 377 g/mol. The maximum absolute atomic E-state index is 12.4. The van der Waals surface area contributed by atoms with Crippen LogP contribution in [0, 0.1) is 0 Å². The summed E-state index contributed by atoms with van der Waals surface area (Å²) in [6, 6.07) is 6.90. The van der Waals surface area contributed by atoms with Crippen molar-refractivity contribution in [1.82, 2.24) is 9.29 Å². The van der Waals surface area contributed by atoms with Gasteiger partial charge in [0.1, 0.15) is 5.75 Å². The summed E-state index contributed by atoms with van der Waals surface area (Å²) in [5.74, 6) is -0.224. The van der Waals surface area contributed by atoms with Crippen LogP contribution in [0.2, 0.25) is 0 Å². The van der Waals surface area contributed by atoms with Crippen molar-refractivity contribution >= 4 is 21.6 Å². The third-order valence-corrected chi connectivity index (χ3v) is 5.51. The number of hydrogen-bond acceptors (Lipinski definition) is 5. The van der Waals surface area contributed by atoms with Gasteiger partial charge in [0.15, 0.2) is 0 Å². The van der Waals surface area contributed by atoms with Crippen molar-refractivity contribution in [2.75, 3.05) is 12.4 Å². The number of nitrogens with one attached hydrogen (secondary N) is 2. The molecule has 26 heavy (non-hydrogen) atoms. The number of methoxy groups -OCH3 is 1. The Balaban J connectivity index is 1.90. The van der Waals surface area contributed by atoms with E-state index in [0.717, 1.165) is 12.8 Å². The van der Waals surface area contributed by atoms with Gasteiger partial charge in [0.25, 0.3) is 11.5 Å². The van der Waals surface area contributed by atoms with E-state index in [1.54, 1.807) is 7.05 Å². The van der Waals surface area contributed by atoms with Crippen molar-refractivity contribution in [2.45, 2.75) is 23.8 Å². The fraction of sp³-hybridized carbons (Fsp3) is 0.294. The Hall–Kier alpha value is -2.65. The largest absolute Gasteiger partial charge is 0.495 e. The lowest BCUT2D eigenvalue weighted by Gasteiger charge is -2.13. The second-order valence-electron chi connectivity index (χ2n) is 6.08. The topological polar surface area (TPSA) is 106 Å². The molecule has 3 rings (SSSR count). The number of hydrogen-bond donors (Lipinski definition) is 2. The molecular formula is C17H19N3O5S. The highest BCUT2D eigenvalue weighted by molar-refractivity contribution is 7.89. The lowest BCUT2D eigenvalue weighted by atomic mass is 10.2. The van der Waals surface area contributed by atoms with Crippen LogP contribution in [0.5, 0.6) is 5.75 Å². The first kappa shape index (κ1) is 18.2. The molecule has 0 atom stereocenters. The van der Waals surface area contributed by atoms with Crippen LogP contribution in [0.15, 0.2) is 46.2 Å². The maximum atomic E-state index is 12.4. The standard InChI is InChI=1S/C17H19N3O5S/c1-20-8-7-11(9-16(20)21)17(22)18-14-10-13(5-6-15(14)25-2)26(23,24)19-12-3-4-12/h5-10,12,19H,3-4H2,1-2H3,(H,18,22). The van der Waals surface area contributed by atoms with Crippen LogP contribution >= 0.6 is 0 Å². The Morgan fingerprint density at radius 1 is 1.23 bits per heavy atom. The molecule has 0 unspecified atom stereocenters. The Morgan fingerprint density at radius 2 is 1.96 bits per heavy atom. The second-order valence-corrected chi connectivity index (χ2v) is 7.79. The van der Waals surface area contributed by atoms with Gasteiger partial charge in [-0.2, -0.15) is 0 Å². The van der Waals surface area contributed by atoms with Crippen LogP contribution in [0.1, 0.15) is 23.2 Å². The Kier molecular flexibility index (Phi) is 4.84. The molecule has 1 heterocycles. The van der Waals surface area contributed by atoms with Gasteiger partial charge in [0.2, 0.25) is 10.0 Å². The molecule has 8 nitrogen and oxygen atoms in total. The van der Waals surface area contributed by atoms with E-state index in [0.29, 0.717) is 5.75 Å². The second kappa shape index (κ2) is 6.93. The number of nitrogens with zero attached hydrogens (tertiary/aromatic N) is 1. The lowest BCUT2D eigenvalue weighted by molar-refractivity contribution is 0.102. The number of carbonyl (C=O) groups is 1. The molecule has 0 spiro atoms. The van der Waals surface area contributed by atoms with Crippen LogP contribution in [0.25, 0.3) is 0 Å². The molecule has 1 fully saturated rings. The summed E-state index contributed by atoms with van der Waals surface area (Å²) < 4.78 is 33.8. The van der Waals surface area contributed by atoms with Gasteiger partial charge in [-0.3, -0.25) is 9.59 Å². The summed E-state index contributed by atoms with van der Waals surface area (Å²) in [7, 11) is -0.673. The molecule has 0 bridgehead atoms. The van der Waals surface area contributed by atoms with Gasteiger partial charge in [-0.1, -0.05) is 0 Å². The molecule has 1 aromatic heterocycles. The van der Waals surface area contributed by atoms with E-state index in [2.05, 4.69) is 10.0 Å². The zero-order chi connectivity index (χ0) is 18.9. The number of anilines is 1. The molecule has 0 radical (unpaired) electrons. The molecule has 9 heteroatoms. The molecule has 0 aliphatic heterocycles. The normalized spacial score (nSPS) is 14.1. The van der Waals surface area contributed by atoms with Crippen molar-refractivity contribution < 1.29 is 17.9 Å². The van der Waals surface area contributed by atoms with Gasteiger partial charge >= 0.3 is 0 Å². The SMILES string of the molecule is COc1ccc(S(=O)(=O)NC2CC2)cc1NC(=O)c1ccn(C)c(=O)c1. The molecule has 1 aromatic carbocycles. The third-order valence-electron chi connectivity index (χ3n) is 4.00. The fourth-order valence-electron chi connectivity index (χ4n) is 2.32. The van der Waals surface area contributed by atoms with E-state index in [9.17, 15) is 18.0 Å². The number of aryl methyl sites for hydroxylation is 1. The summed E-state index contributed by atoms with van der Waals surface area (Å²) in [4.78, 5) is 24.1. The fourth-order valence-corrected chi connectivity index (χ4v) is 3.66. The molecular weight excluding hydrogens is 358 g/mol. The first-order chi connectivity index (χ1) is 12.3. The summed E-state index contributed by atoms with van der Waals surface area (Å²) >= 11 is 0. The number of rotatable bonds is 6. The van der Waals surface area contributed by atoms with Gasteiger partial charge in [-0.05, 0) is 37.1 Å². The smallest absolute Gasteiger partial charge is 0.256 e. The monoisotopic (exact) mass is 377 g/mol. The predicted octanol–water partition coefficient (Wildman–Crippen LogP) is 1.09. The number of pyridine rings is 1. The van der Waals surface area contributed by atoms with Crippen molar-refractivity contribution in [3.63, 3.8) is 0 Å². The van der Waals surface area contributed by atoms with Gasteiger partial charge in [0.05, 0.1) is 17.7 Å². The summed E-state index contributed by atoms with van der Waals surface area (Å²) in [6.45, 7) is 0. The Labute approximate surface area is 150 Å². The maximum Gasteiger partial charge on any atom is 0.256 e. The minimum absolute atomic E-state index is 0.0272. The molecule has 1 amide bonds. The zero-order valence-electron chi connectivity index (χ0n) is 14.4. The summed E-state index contributed by atoms with van der Waals surface area (Å²) in [5.41, 5.74) is 0.0472. The minimum atomic E-state index is -3.67. The quantitative estimate of drug-likeness (QED) is 0.784. The minimum Gasteiger partial charge on any atom is -0.495 e. The number of sulfonamides is 1. The number of aromatic nitrogens is 1. The van der Waals surface area contributed by atoms with Gasteiger partial charge in [-0.15, -0.1) is 0 Å². The van der Waals surface area contributed by atoms with E-state index in [1.165, 1.54) is 48.2 Å². The predicted molar refractivity (Wildman–Crippen MR) is 96.0 cm³/mol. The van der Waals surface area contributed by atoms with Gasteiger partial charge < -0.3 is 14.6 Å². The molecule has 138 valence electrons. The number of amides is 1. The highest BCUT2D eigenvalue weighted by atomic mass is 32.2. The van der Waals surface area contributed by atoms with Gasteiger partial charge in [-0.25, -0.2) is 13.1 Å². The van der Waals surface area contributed by atoms with E-state index in [4.69, 9.17) is 4.74 Å². The van der Waals surface area contributed by atoms with Crippen molar-refractivity contribution in [2.24, 2.45) is 7.05 Å². The van der Waals surface area contributed by atoms with Crippen LogP contribution in [0.4, 0.5) is 5.69 Å². The highest BCUT2D eigenvalue weighted by Gasteiger charge is 2.28. The van der Waals surface area contributed by atoms with E-state index in [-0.39, 0.29) is 27.7 Å². The molecule has 2 N–H and O–H groups in total. The first-order valence-corrected chi connectivity index (χ1v) is 9.47. The van der Waals surface area contributed by atoms with Crippen molar-refractivity contribution in [1.29, 1.82) is 0 Å². The Bertz CT molecular complexity index is 1010. The molecule has 0 saturated heterocycles. The summed E-state index contributed by atoms with van der Waals surface area (Å²) in [6.07, 6.45) is 3.12. The number of ether oxygens (including phenoxy) is 1. The van der Waals surface area contributed by atoms with Crippen molar-refractivity contribution in [3.8, 4) is 5.75 Å². The van der Waals surface area contributed by atoms with Gasteiger partial charge in [0, 0.05) is 30.9 Å². The van der Waals surface area contributed by atoms with Crippen LogP contribution in [-0.4, -0.2) is 32.0 Å². The Morgan fingerprint density at radius 3 is 2.58 bits per heavy atom. The molecule has 2 aromatic rings. The molecule has 1 aliphatic rings. The highest BCUT2D eigenvalue weighted by Crippen LogP contribution is 2.29. The number of benzene rings is 1. The molecule has 1 aliphatic carbocycles. The zero-order valence-corrected chi connectivity index (χ0v) is 15.2. The third kappa shape index (κ3) is 3.94. The summed E-state index contributed by atoms with van der Waals surface area (Å²) in [5, 5.41) is 2.60. The first-order valence-electron chi connectivity index (χ1n) is 7.98. The van der Waals surface area contributed by atoms with Crippen molar-refractivity contribution in [3.05, 3.63) is 52.4 Å². The van der Waals surface area contributed by atoms with Crippen LogP contribution in [-0.2, 0) is 17.1 Å².